The fourth-order valence-corrected chi connectivity index (χ4v) is 1.59. The molecule has 0 saturated carbocycles. The SMILES string of the molecule is Cc1ccc2c(c1)N(N)C(N)C2. The second-order valence-electron chi connectivity index (χ2n) is 3.31. The molecule has 3 nitrogen and oxygen atoms in total. The van der Waals surface area contributed by atoms with Crippen molar-refractivity contribution in [1.29, 1.82) is 0 Å². The summed E-state index contributed by atoms with van der Waals surface area (Å²) in [7, 11) is 0. The molecule has 1 atom stereocenters. The van der Waals surface area contributed by atoms with Crippen LogP contribution in [0.15, 0.2) is 18.2 Å². The third kappa shape index (κ3) is 0.983. The Balaban J connectivity index is 2.48. The summed E-state index contributed by atoms with van der Waals surface area (Å²) in [5.74, 6) is 5.77. The van der Waals surface area contributed by atoms with Crippen molar-refractivity contribution in [3.63, 3.8) is 0 Å². The molecule has 64 valence electrons. The first-order valence-electron chi connectivity index (χ1n) is 4.07. The highest BCUT2D eigenvalue weighted by Gasteiger charge is 2.23. The number of fused-ring (bicyclic) bond motifs is 1. The van der Waals surface area contributed by atoms with Gasteiger partial charge in [-0.2, -0.15) is 0 Å². The van der Waals surface area contributed by atoms with E-state index in [0.29, 0.717) is 0 Å². The number of hydrazine groups is 1. The molecular formula is C9H13N3. The van der Waals surface area contributed by atoms with Gasteiger partial charge in [-0.15, -0.1) is 0 Å². The van der Waals surface area contributed by atoms with Crippen LogP contribution < -0.4 is 16.6 Å². The molecule has 0 bridgehead atoms. The van der Waals surface area contributed by atoms with Crippen LogP contribution in [0.1, 0.15) is 11.1 Å². The number of rotatable bonds is 0. The maximum atomic E-state index is 5.78. The van der Waals surface area contributed by atoms with E-state index in [4.69, 9.17) is 11.6 Å². The van der Waals surface area contributed by atoms with Crippen molar-refractivity contribution >= 4 is 5.69 Å². The van der Waals surface area contributed by atoms with Gasteiger partial charge in [0, 0.05) is 6.42 Å². The van der Waals surface area contributed by atoms with Crippen molar-refractivity contribution in [3.8, 4) is 0 Å². The maximum Gasteiger partial charge on any atom is 0.0962 e. The molecule has 1 aliphatic heterocycles. The molecule has 3 heteroatoms. The number of hydrogen-bond acceptors (Lipinski definition) is 3. The summed E-state index contributed by atoms with van der Waals surface area (Å²) < 4.78 is 0. The highest BCUT2D eigenvalue weighted by molar-refractivity contribution is 5.59. The number of hydrogen-bond donors (Lipinski definition) is 2. The van der Waals surface area contributed by atoms with Gasteiger partial charge in [0.05, 0.1) is 11.9 Å². The molecule has 12 heavy (non-hydrogen) atoms. The highest BCUT2D eigenvalue weighted by Crippen LogP contribution is 2.28. The van der Waals surface area contributed by atoms with Gasteiger partial charge < -0.3 is 5.73 Å². The lowest BCUT2D eigenvalue weighted by molar-refractivity contribution is 0.666. The van der Waals surface area contributed by atoms with E-state index in [1.165, 1.54) is 11.1 Å². The lowest BCUT2D eigenvalue weighted by Gasteiger charge is -2.17. The van der Waals surface area contributed by atoms with Crippen molar-refractivity contribution in [3.05, 3.63) is 29.3 Å². The second kappa shape index (κ2) is 2.47. The van der Waals surface area contributed by atoms with E-state index in [0.717, 1.165) is 12.1 Å². The Labute approximate surface area is 71.9 Å². The standard InChI is InChI=1S/C9H13N3/c1-6-2-3-7-5-9(10)12(11)8(7)4-6/h2-4,9H,5,10-11H2,1H3. The summed E-state index contributed by atoms with van der Waals surface area (Å²) in [5, 5.41) is 1.64. The number of anilines is 1. The van der Waals surface area contributed by atoms with Crippen LogP contribution in [0.5, 0.6) is 0 Å². The molecule has 0 spiro atoms. The molecule has 1 aromatic carbocycles. The van der Waals surface area contributed by atoms with Crippen LogP contribution in [0.3, 0.4) is 0 Å². The summed E-state index contributed by atoms with van der Waals surface area (Å²) in [4.78, 5) is 0. The number of benzene rings is 1. The topological polar surface area (TPSA) is 55.3 Å². The summed E-state index contributed by atoms with van der Waals surface area (Å²) in [5.41, 5.74) is 9.32. The molecule has 1 heterocycles. The van der Waals surface area contributed by atoms with Crippen LogP contribution >= 0.6 is 0 Å². The molecule has 4 N–H and O–H groups in total. The summed E-state index contributed by atoms with van der Waals surface area (Å²) in [6.07, 6.45) is 0.799. The Kier molecular flexibility index (Phi) is 1.56. The molecule has 1 unspecified atom stereocenters. The van der Waals surface area contributed by atoms with Crippen molar-refractivity contribution in [2.75, 3.05) is 5.01 Å². The summed E-state index contributed by atoms with van der Waals surface area (Å²) >= 11 is 0. The van der Waals surface area contributed by atoms with Gasteiger partial charge in [-0.1, -0.05) is 12.1 Å². The van der Waals surface area contributed by atoms with E-state index in [2.05, 4.69) is 25.1 Å². The molecule has 2 rings (SSSR count). The van der Waals surface area contributed by atoms with Gasteiger partial charge in [-0.3, -0.25) is 5.01 Å². The zero-order valence-corrected chi connectivity index (χ0v) is 7.12. The summed E-state index contributed by atoms with van der Waals surface area (Å²) in [6, 6.07) is 6.25. The Morgan fingerprint density at radius 1 is 1.50 bits per heavy atom. The van der Waals surface area contributed by atoms with E-state index in [-0.39, 0.29) is 6.17 Å². The average Bonchev–Trinajstić information content (AvgIpc) is 2.31. The monoisotopic (exact) mass is 163 g/mol. The highest BCUT2D eigenvalue weighted by atomic mass is 15.5. The Bertz CT molecular complexity index is 309. The lowest BCUT2D eigenvalue weighted by Crippen LogP contribution is -2.44. The van der Waals surface area contributed by atoms with Crippen LogP contribution in [0, 0.1) is 6.92 Å². The van der Waals surface area contributed by atoms with Crippen molar-refractivity contribution < 1.29 is 0 Å². The van der Waals surface area contributed by atoms with Crippen LogP contribution in [0.4, 0.5) is 5.69 Å². The third-order valence-electron chi connectivity index (χ3n) is 2.31. The van der Waals surface area contributed by atoms with Gasteiger partial charge in [0.2, 0.25) is 0 Å². The van der Waals surface area contributed by atoms with Gasteiger partial charge in [0.25, 0.3) is 0 Å². The minimum Gasteiger partial charge on any atom is -0.310 e. The Morgan fingerprint density at radius 2 is 2.25 bits per heavy atom. The molecule has 0 radical (unpaired) electrons. The predicted molar refractivity (Wildman–Crippen MR) is 49.5 cm³/mol. The molecular weight excluding hydrogens is 150 g/mol. The molecule has 0 fully saturated rings. The van der Waals surface area contributed by atoms with Crippen LogP contribution in [0.25, 0.3) is 0 Å². The van der Waals surface area contributed by atoms with Gasteiger partial charge >= 0.3 is 0 Å². The smallest absolute Gasteiger partial charge is 0.0962 e. The van der Waals surface area contributed by atoms with Crippen molar-refractivity contribution in [2.24, 2.45) is 11.6 Å². The maximum absolute atomic E-state index is 5.78. The Hall–Kier alpha value is -1.06. The number of nitrogens with zero attached hydrogens (tertiary/aromatic N) is 1. The van der Waals surface area contributed by atoms with E-state index in [1.54, 1.807) is 5.01 Å². The molecule has 0 aliphatic carbocycles. The lowest BCUT2D eigenvalue weighted by atomic mass is 10.1. The van der Waals surface area contributed by atoms with E-state index in [9.17, 15) is 0 Å². The molecule has 0 amide bonds. The quantitative estimate of drug-likeness (QED) is 0.548. The first-order chi connectivity index (χ1) is 5.68. The Morgan fingerprint density at radius 3 is 3.00 bits per heavy atom. The molecule has 0 aromatic heterocycles. The minimum atomic E-state index is -0.0539. The van der Waals surface area contributed by atoms with Crippen LogP contribution in [-0.2, 0) is 6.42 Å². The fourth-order valence-electron chi connectivity index (χ4n) is 1.59. The third-order valence-corrected chi connectivity index (χ3v) is 2.31. The largest absolute Gasteiger partial charge is 0.310 e. The van der Waals surface area contributed by atoms with E-state index in [1.807, 2.05) is 0 Å². The van der Waals surface area contributed by atoms with Gasteiger partial charge in [-0.25, -0.2) is 5.84 Å². The van der Waals surface area contributed by atoms with E-state index >= 15 is 0 Å². The number of aryl methyl sites for hydroxylation is 1. The summed E-state index contributed by atoms with van der Waals surface area (Å²) in [6.45, 7) is 2.05. The van der Waals surface area contributed by atoms with Crippen LogP contribution in [0.2, 0.25) is 0 Å². The number of nitrogens with two attached hydrogens (primary N) is 2. The predicted octanol–water partition coefficient (Wildman–Crippen LogP) is 0.516. The average molecular weight is 163 g/mol. The van der Waals surface area contributed by atoms with Crippen molar-refractivity contribution in [2.45, 2.75) is 19.5 Å². The zero-order valence-electron chi connectivity index (χ0n) is 7.12. The minimum absolute atomic E-state index is 0.0539. The first-order valence-corrected chi connectivity index (χ1v) is 4.07. The fraction of sp³-hybridized carbons (Fsp3) is 0.333. The van der Waals surface area contributed by atoms with Gasteiger partial charge in [-0.05, 0) is 24.1 Å². The molecule has 1 aliphatic rings. The van der Waals surface area contributed by atoms with Gasteiger partial charge in [0.15, 0.2) is 0 Å². The molecule has 0 saturated heterocycles. The normalized spacial score (nSPS) is 21.2. The molecule has 1 aromatic rings. The van der Waals surface area contributed by atoms with E-state index < -0.39 is 0 Å². The zero-order chi connectivity index (χ0) is 8.72. The van der Waals surface area contributed by atoms with Crippen molar-refractivity contribution in [1.82, 2.24) is 0 Å². The van der Waals surface area contributed by atoms with Crippen LogP contribution in [-0.4, -0.2) is 6.17 Å². The van der Waals surface area contributed by atoms with Gasteiger partial charge in [0.1, 0.15) is 0 Å². The first kappa shape index (κ1) is 7.58. The second-order valence-corrected chi connectivity index (χ2v) is 3.31.